The van der Waals surface area contributed by atoms with Gasteiger partial charge in [-0.15, -0.1) is 0 Å². The lowest BCUT2D eigenvalue weighted by Crippen LogP contribution is -2.86. The molecule has 0 spiro atoms. The Bertz CT molecular complexity index is 504. The molecule has 1 aliphatic heterocycles. The second-order valence-corrected chi connectivity index (χ2v) is 6.54. The second-order valence-electron chi connectivity index (χ2n) is 6.54. The second kappa shape index (κ2) is 7.54. The normalized spacial score (nSPS) is 16.3. The molecule has 1 aliphatic rings. The molecule has 1 saturated heterocycles. The van der Waals surface area contributed by atoms with E-state index >= 15 is 0 Å². The molecular weight excluding hydrogens is 278 g/mol. The molecule has 120 valence electrons. The van der Waals surface area contributed by atoms with Gasteiger partial charge >= 0.3 is 5.97 Å². The van der Waals surface area contributed by atoms with Crippen LogP contribution in [0.15, 0.2) is 30.3 Å². The van der Waals surface area contributed by atoms with Gasteiger partial charge < -0.3 is 10.1 Å². The fourth-order valence-corrected chi connectivity index (χ4v) is 3.01. The molecule has 0 bridgehead atoms. The van der Waals surface area contributed by atoms with Gasteiger partial charge in [0.15, 0.2) is 0 Å². The Labute approximate surface area is 132 Å². The number of ether oxygens (including phenoxy) is 1. The molecule has 2 N–H and O–H groups in total. The van der Waals surface area contributed by atoms with Gasteiger partial charge in [-0.2, -0.15) is 0 Å². The number of Topliss-reactive ketones (excluding diaryl/α,β-unsaturated/α-hetero) is 1. The van der Waals surface area contributed by atoms with Crippen molar-refractivity contribution in [3.8, 4) is 0 Å². The first-order valence-corrected chi connectivity index (χ1v) is 8.11. The van der Waals surface area contributed by atoms with Crippen LogP contribution in [-0.2, 0) is 20.7 Å². The highest BCUT2D eigenvalue weighted by atomic mass is 16.6. The number of hydrogen-bond donors (Lipinski definition) is 1. The lowest BCUT2D eigenvalue weighted by molar-refractivity contribution is -0.665. The van der Waals surface area contributed by atoms with Crippen LogP contribution in [0.1, 0.15) is 38.7 Å². The zero-order valence-electron chi connectivity index (χ0n) is 13.5. The predicted molar refractivity (Wildman–Crippen MR) is 84.3 cm³/mol. The highest BCUT2D eigenvalue weighted by Gasteiger charge is 2.36. The van der Waals surface area contributed by atoms with Crippen molar-refractivity contribution in [2.75, 3.05) is 13.1 Å². The van der Waals surface area contributed by atoms with Gasteiger partial charge in [-0.1, -0.05) is 30.3 Å². The summed E-state index contributed by atoms with van der Waals surface area (Å²) in [6, 6.07) is 9.72. The number of quaternary nitrogens is 1. The summed E-state index contributed by atoms with van der Waals surface area (Å²) in [5, 5.41) is 2.28. The smallest absolute Gasteiger partial charge is 0.375 e. The highest BCUT2D eigenvalue weighted by molar-refractivity contribution is 6.33. The maximum absolute atomic E-state index is 12.0. The van der Waals surface area contributed by atoms with Crippen molar-refractivity contribution in [1.29, 1.82) is 0 Å². The monoisotopic (exact) mass is 304 g/mol. The van der Waals surface area contributed by atoms with Gasteiger partial charge in [-0.3, -0.25) is 4.79 Å². The quantitative estimate of drug-likeness (QED) is 0.640. The Kier molecular flexibility index (Phi) is 5.72. The van der Waals surface area contributed by atoms with Crippen LogP contribution in [0.25, 0.3) is 0 Å². The standard InChI is InChI=1S/C18H25NO3/c1-18(2,15-10-12-19-13-11-15)22-17(21)16(20)9-8-14-6-4-3-5-7-14/h3-7,15,19H,8-13H2,1-2H3/p+1. The summed E-state index contributed by atoms with van der Waals surface area (Å²) in [7, 11) is 0. The van der Waals surface area contributed by atoms with E-state index in [4.69, 9.17) is 4.74 Å². The fraction of sp³-hybridized carbons (Fsp3) is 0.556. The molecule has 0 atom stereocenters. The number of benzene rings is 1. The van der Waals surface area contributed by atoms with Crippen molar-refractivity contribution < 1.29 is 19.6 Å². The Morgan fingerprint density at radius 2 is 1.82 bits per heavy atom. The lowest BCUT2D eigenvalue weighted by Gasteiger charge is -2.35. The van der Waals surface area contributed by atoms with E-state index < -0.39 is 17.4 Å². The molecule has 2 rings (SSSR count). The fourth-order valence-electron chi connectivity index (χ4n) is 3.01. The molecule has 0 unspecified atom stereocenters. The zero-order chi connectivity index (χ0) is 16.0. The summed E-state index contributed by atoms with van der Waals surface area (Å²) >= 11 is 0. The Morgan fingerprint density at radius 1 is 1.18 bits per heavy atom. The number of piperidine rings is 1. The van der Waals surface area contributed by atoms with Crippen LogP contribution < -0.4 is 5.32 Å². The van der Waals surface area contributed by atoms with Crippen molar-refractivity contribution >= 4 is 11.8 Å². The Balaban J connectivity index is 1.83. The predicted octanol–water partition coefficient (Wildman–Crippen LogP) is 1.48. The lowest BCUT2D eigenvalue weighted by atomic mass is 9.83. The third-order valence-corrected chi connectivity index (χ3v) is 4.49. The van der Waals surface area contributed by atoms with Crippen molar-refractivity contribution in [2.24, 2.45) is 5.92 Å². The molecule has 0 aromatic heterocycles. The summed E-state index contributed by atoms with van der Waals surface area (Å²) in [6.07, 6.45) is 2.84. The number of hydrogen-bond acceptors (Lipinski definition) is 3. The van der Waals surface area contributed by atoms with Crippen LogP contribution in [0.4, 0.5) is 0 Å². The van der Waals surface area contributed by atoms with Gasteiger partial charge in [0.2, 0.25) is 5.78 Å². The zero-order valence-corrected chi connectivity index (χ0v) is 13.5. The summed E-state index contributed by atoms with van der Waals surface area (Å²) < 4.78 is 5.53. The van der Waals surface area contributed by atoms with E-state index in [-0.39, 0.29) is 6.42 Å². The number of nitrogens with two attached hydrogens (primary N) is 1. The molecule has 0 amide bonds. The molecule has 1 aromatic rings. The summed E-state index contributed by atoms with van der Waals surface area (Å²) in [5.74, 6) is -0.779. The van der Waals surface area contributed by atoms with E-state index in [2.05, 4.69) is 5.32 Å². The summed E-state index contributed by atoms with van der Waals surface area (Å²) in [6.45, 7) is 5.97. The van der Waals surface area contributed by atoms with Crippen LogP contribution in [0, 0.1) is 5.92 Å². The first kappa shape index (κ1) is 16.7. The van der Waals surface area contributed by atoms with Gasteiger partial charge in [-0.05, 0) is 25.8 Å². The number of esters is 1. The topological polar surface area (TPSA) is 60.0 Å². The minimum atomic E-state index is -0.685. The summed E-state index contributed by atoms with van der Waals surface area (Å²) in [4.78, 5) is 24.0. The average Bonchev–Trinajstić information content (AvgIpc) is 2.54. The first-order valence-electron chi connectivity index (χ1n) is 8.11. The third-order valence-electron chi connectivity index (χ3n) is 4.49. The molecule has 1 aromatic carbocycles. The highest BCUT2D eigenvalue weighted by Crippen LogP contribution is 2.28. The minimum Gasteiger partial charge on any atom is -0.454 e. The van der Waals surface area contributed by atoms with Gasteiger partial charge in [0, 0.05) is 25.2 Å². The van der Waals surface area contributed by atoms with Crippen LogP contribution in [0.2, 0.25) is 0 Å². The van der Waals surface area contributed by atoms with E-state index in [0.717, 1.165) is 31.5 Å². The first-order chi connectivity index (χ1) is 10.5. The molecule has 0 aliphatic carbocycles. The number of aryl methyl sites for hydroxylation is 1. The van der Waals surface area contributed by atoms with E-state index in [1.54, 1.807) is 0 Å². The van der Waals surface area contributed by atoms with Gasteiger partial charge in [0.25, 0.3) is 0 Å². The van der Waals surface area contributed by atoms with Gasteiger partial charge in [-0.25, -0.2) is 4.79 Å². The molecule has 0 saturated carbocycles. The Hall–Kier alpha value is -1.68. The average molecular weight is 304 g/mol. The molecule has 1 heterocycles. The minimum absolute atomic E-state index is 0.206. The van der Waals surface area contributed by atoms with Crippen LogP contribution in [-0.4, -0.2) is 30.4 Å². The van der Waals surface area contributed by atoms with E-state index in [1.807, 2.05) is 44.2 Å². The SMILES string of the molecule is CC(C)(OC(=O)C(=O)CCc1ccccc1)C1CC[NH2+]CC1. The van der Waals surface area contributed by atoms with E-state index in [0.29, 0.717) is 12.3 Å². The van der Waals surface area contributed by atoms with Gasteiger partial charge in [0.1, 0.15) is 5.60 Å². The third kappa shape index (κ3) is 4.67. The van der Waals surface area contributed by atoms with Crippen molar-refractivity contribution in [1.82, 2.24) is 0 Å². The number of carbonyl (C=O) groups is 2. The molecule has 4 nitrogen and oxygen atoms in total. The molecule has 0 radical (unpaired) electrons. The van der Waals surface area contributed by atoms with E-state index in [9.17, 15) is 9.59 Å². The number of rotatable bonds is 6. The molecule has 4 heteroatoms. The van der Waals surface area contributed by atoms with Crippen molar-refractivity contribution in [3.05, 3.63) is 35.9 Å². The molecule has 22 heavy (non-hydrogen) atoms. The van der Waals surface area contributed by atoms with Crippen molar-refractivity contribution in [3.63, 3.8) is 0 Å². The van der Waals surface area contributed by atoms with Gasteiger partial charge in [0.05, 0.1) is 13.1 Å². The summed E-state index contributed by atoms with van der Waals surface area (Å²) in [5.41, 5.74) is 0.499. The van der Waals surface area contributed by atoms with E-state index in [1.165, 1.54) is 0 Å². The Morgan fingerprint density at radius 3 is 2.45 bits per heavy atom. The van der Waals surface area contributed by atoms with Crippen LogP contribution in [0.5, 0.6) is 0 Å². The maximum atomic E-state index is 12.0. The van der Waals surface area contributed by atoms with Crippen LogP contribution in [0.3, 0.4) is 0 Å². The largest absolute Gasteiger partial charge is 0.454 e. The molecular formula is C18H26NO3+. The molecule has 1 fully saturated rings. The van der Waals surface area contributed by atoms with Crippen LogP contribution >= 0.6 is 0 Å². The number of ketones is 1. The maximum Gasteiger partial charge on any atom is 0.375 e. The number of carbonyl (C=O) groups excluding carboxylic acids is 2. The van der Waals surface area contributed by atoms with Crippen molar-refractivity contribution in [2.45, 2.75) is 45.1 Å².